The molecule has 0 saturated heterocycles. The van der Waals surface area contributed by atoms with E-state index in [2.05, 4.69) is 10.5 Å². The highest BCUT2D eigenvalue weighted by atomic mass is 16.5. The van der Waals surface area contributed by atoms with Gasteiger partial charge in [0.25, 0.3) is 0 Å². The van der Waals surface area contributed by atoms with Crippen LogP contribution in [0.2, 0.25) is 0 Å². The molecule has 1 aromatic rings. The number of oxime groups is 1. The number of para-hydroxylation sites is 1. The van der Waals surface area contributed by atoms with Crippen molar-refractivity contribution in [2.45, 2.75) is 19.3 Å². The minimum atomic E-state index is -0.0796. The van der Waals surface area contributed by atoms with Crippen LogP contribution in [0.5, 0.6) is 5.75 Å². The molecule has 0 aliphatic heterocycles. The quantitative estimate of drug-likeness (QED) is 0.224. The Morgan fingerprint density at radius 3 is 2.89 bits per heavy atom. The highest BCUT2D eigenvalue weighted by Gasteiger charge is 2.07. The van der Waals surface area contributed by atoms with Crippen molar-refractivity contribution < 1.29 is 14.7 Å². The van der Waals surface area contributed by atoms with Crippen LogP contribution >= 0.6 is 0 Å². The maximum atomic E-state index is 11.7. The number of carbonyl (C=O) groups excluding carboxylic acids is 1. The van der Waals surface area contributed by atoms with Gasteiger partial charge in [-0.25, -0.2) is 0 Å². The van der Waals surface area contributed by atoms with Crippen molar-refractivity contribution in [1.29, 1.82) is 0 Å². The Hall–Kier alpha value is -2.24. The zero-order valence-electron chi connectivity index (χ0n) is 10.9. The molecule has 19 heavy (non-hydrogen) atoms. The number of methoxy groups -OCH3 is 1. The Morgan fingerprint density at radius 2 is 2.21 bits per heavy atom. The average Bonchev–Trinajstić information content (AvgIpc) is 2.43. The summed E-state index contributed by atoms with van der Waals surface area (Å²) in [5.41, 5.74) is 6.17. The standard InChI is InChI=1S/C13H19N3O3/c1-19-11-6-3-2-5-10(11)9-13(17)15-8-4-7-12(14)16-18/h2-3,5-6,18H,4,7-9H2,1H3,(H2,14,16)(H,15,17). The predicted octanol–water partition coefficient (Wildman–Crippen LogP) is 0.881. The number of nitrogens with one attached hydrogen (secondary N) is 1. The summed E-state index contributed by atoms with van der Waals surface area (Å²) in [4.78, 5) is 11.7. The van der Waals surface area contributed by atoms with Gasteiger partial charge in [-0.05, 0) is 12.5 Å². The second-order valence-electron chi connectivity index (χ2n) is 4.03. The van der Waals surface area contributed by atoms with E-state index in [1.807, 2.05) is 24.3 Å². The van der Waals surface area contributed by atoms with Gasteiger partial charge >= 0.3 is 0 Å². The second-order valence-corrected chi connectivity index (χ2v) is 4.03. The highest BCUT2D eigenvalue weighted by molar-refractivity contribution is 5.80. The van der Waals surface area contributed by atoms with E-state index in [-0.39, 0.29) is 18.2 Å². The van der Waals surface area contributed by atoms with Crippen molar-refractivity contribution in [2.75, 3.05) is 13.7 Å². The van der Waals surface area contributed by atoms with E-state index in [0.29, 0.717) is 25.1 Å². The smallest absolute Gasteiger partial charge is 0.224 e. The first-order chi connectivity index (χ1) is 9.17. The summed E-state index contributed by atoms with van der Waals surface area (Å²) in [5, 5.41) is 14.0. The Morgan fingerprint density at radius 1 is 1.47 bits per heavy atom. The maximum Gasteiger partial charge on any atom is 0.224 e. The number of nitrogens with zero attached hydrogens (tertiary/aromatic N) is 1. The zero-order chi connectivity index (χ0) is 14.1. The molecule has 0 spiro atoms. The van der Waals surface area contributed by atoms with Crippen LogP contribution in [0, 0.1) is 0 Å². The summed E-state index contributed by atoms with van der Waals surface area (Å²) in [5.74, 6) is 0.789. The lowest BCUT2D eigenvalue weighted by Crippen LogP contribution is -2.27. The maximum absolute atomic E-state index is 11.7. The molecule has 1 rings (SSSR count). The summed E-state index contributed by atoms with van der Waals surface area (Å²) in [7, 11) is 1.58. The molecule has 1 aromatic carbocycles. The van der Waals surface area contributed by atoms with Gasteiger partial charge in [-0.1, -0.05) is 23.4 Å². The molecule has 0 bridgehead atoms. The van der Waals surface area contributed by atoms with Crippen LogP contribution in [0.25, 0.3) is 0 Å². The molecule has 4 N–H and O–H groups in total. The van der Waals surface area contributed by atoms with Crippen LogP contribution in [0.1, 0.15) is 18.4 Å². The molecule has 0 aromatic heterocycles. The third-order valence-electron chi connectivity index (χ3n) is 2.60. The molecule has 0 radical (unpaired) electrons. The first-order valence-electron chi connectivity index (χ1n) is 6.02. The first-order valence-corrected chi connectivity index (χ1v) is 6.02. The topological polar surface area (TPSA) is 96.9 Å². The van der Waals surface area contributed by atoms with Crippen molar-refractivity contribution in [3.05, 3.63) is 29.8 Å². The fraction of sp³-hybridized carbons (Fsp3) is 0.385. The fourth-order valence-electron chi connectivity index (χ4n) is 1.63. The minimum absolute atomic E-state index is 0.0796. The van der Waals surface area contributed by atoms with E-state index in [9.17, 15) is 4.79 Å². The van der Waals surface area contributed by atoms with Crippen LogP contribution in [0.3, 0.4) is 0 Å². The lowest BCUT2D eigenvalue weighted by atomic mass is 10.1. The Labute approximate surface area is 112 Å². The van der Waals surface area contributed by atoms with Crippen LogP contribution < -0.4 is 15.8 Å². The van der Waals surface area contributed by atoms with E-state index >= 15 is 0 Å². The summed E-state index contributed by atoms with van der Waals surface area (Å²) in [6.07, 6.45) is 1.35. The lowest BCUT2D eigenvalue weighted by molar-refractivity contribution is -0.120. The molecular weight excluding hydrogens is 246 g/mol. The number of amidine groups is 1. The van der Waals surface area contributed by atoms with E-state index in [1.54, 1.807) is 7.11 Å². The van der Waals surface area contributed by atoms with Gasteiger partial charge in [-0.15, -0.1) is 0 Å². The van der Waals surface area contributed by atoms with Crippen LogP contribution in [0.4, 0.5) is 0 Å². The lowest BCUT2D eigenvalue weighted by Gasteiger charge is -2.08. The summed E-state index contributed by atoms with van der Waals surface area (Å²) in [6, 6.07) is 7.40. The van der Waals surface area contributed by atoms with Gasteiger partial charge in [-0.3, -0.25) is 4.79 Å². The zero-order valence-corrected chi connectivity index (χ0v) is 10.9. The molecule has 0 atom stereocenters. The number of hydrogen-bond acceptors (Lipinski definition) is 4. The molecule has 0 saturated carbocycles. The van der Waals surface area contributed by atoms with E-state index in [1.165, 1.54) is 0 Å². The van der Waals surface area contributed by atoms with Crippen LogP contribution in [-0.4, -0.2) is 30.6 Å². The van der Waals surface area contributed by atoms with Gasteiger partial charge in [0.05, 0.1) is 13.5 Å². The summed E-state index contributed by atoms with van der Waals surface area (Å²) >= 11 is 0. The van der Waals surface area contributed by atoms with Gasteiger partial charge in [0.15, 0.2) is 0 Å². The predicted molar refractivity (Wildman–Crippen MR) is 72.4 cm³/mol. The first kappa shape index (κ1) is 14.8. The number of rotatable bonds is 7. The van der Waals surface area contributed by atoms with Crippen molar-refractivity contribution in [3.8, 4) is 5.75 Å². The normalized spacial score (nSPS) is 11.1. The molecule has 0 aliphatic carbocycles. The molecule has 0 aliphatic rings. The third-order valence-corrected chi connectivity index (χ3v) is 2.60. The Balaban J connectivity index is 2.35. The summed E-state index contributed by atoms with van der Waals surface area (Å²) in [6.45, 7) is 0.490. The molecule has 1 amide bonds. The van der Waals surface area contributed by atoms with Crippen LogP contribution in [0.15, 0.2) is 29.4 Å². The van der Waals surface area contributed by atoms with Crippen LogP contribution in [-0.2, 0) is 11.2 Å². The molecule has 0 heterocycles. The number of carbonyl (C=O) groups is 1. The van der Waals surface area contributed by atoms with Crippen molar-refractivity contribution >= 4 is 11.7 Å². The monoisotopic (exact) mass is 265 g/mol. The van der Waals surface area contributed by atoms with Gasteiger partial charge in [0.2, 0.25) is 5.91 Å². The molecule has 104 valence electrons. The van der Waals surface area contributed by atoms with Crippen molar-refractivity contribution in [1.82, 2.24) is 5.32 Å². The van der Waals surface area contributed by atoms with Gasteiger partial charge in [0.1, 0.15) is 11.6 Å². The van der Waals surface area contributed by atoms with Gasteiger partial charge < -0.3 is 21.0 Å². The SMILES string of the molecule is COc1ccccc1CC(=O)NCCCC(N)=NO. The summed E-state index contributed by atoms with van der Waals surface area (Å²) < 4.78 is 5.18. The van der Waals surface area contributed by atoms with Crippen molar-refractivity contribution in [2.24, 2.45) is 10.9 Å². The number of benzene rings is 1. The van der Waals surface area contributed by atoms with E-state index < -0.39 is 0 Å². The molecule has 6 nitrogen and oxygen atoms in total. The number of ether oxygens (including phenoxy) is 1. The molecular formula is C13H19N3O3. The molecule has 6 heteroatoms. The Bertz CT molecular complexity index is 447. The minimum Gasteiger partial charge on any atom is -0.496 e. The Kier molecular flexibility index (Phi) is 6.21. The number of hydrogen-bond donors (Lipinski definition) is 3. The fourth-order valence-corrected chi connectivity index (χ4v) is 1.63. The van der Waals surface area contributed by atoms with Gasteiger partial charge in [-0.2, -0.15) is 0 Å². The number of amides is 1. The van der Waals surface area contributed by atoms with Gasteiger partial charge in [0, 0.05) is 18.5 Å². The largest absolute Gasteiger partial charge is 0.496 e. The second kappa shape index (κ2) is 7.97. The highest BCUT2D eigenvalue weighted by Crippen LogP contribution is 2.17. The average molecular weight is 265 g/mol. The van der Waals surface area contributed by atoms with E-state index in [0.717, 1.165) is 5.56 Å². The molecule has 0 fully saturated rings. The molecule has 0 unspecified atom stereocenters. The van der Waals surface area contributed by atoms with E-state index in [4.69, 9.17) is 15.7 Å². The third kappa shape index (κ3) is 5.29. The number of nitrogens with two attached hydrogens (primary N) is 1. The van der Waals surface area contributed by atoms with Crippen molar-refractivity contribution in [3.63, 3.8) is 0 Å².